The molecule has 0 unspecified atom stereocenters. The number of nitro benzene ring substituents is 1. The van der Waals surface area contributed by atoms with Crippen molar-refractivity contribution in [3.63, 3.8) is 0 Å². The summed E-state index contributed by atoms with van der Waals surface area (Å²) in [6.07, 6.45) is 2.06. The predicted octanol–water partition coefficient (Wildman–Crippen LogP) is 4.24. The fraction of sp³-hybridized carbons (Fsp3) is 0.500. The van der Waals surface area contributed by atoms with Crippen molar-refractivity contribution in [2.45, 2.75) is 44.0 Å². The first-order valence-corrected chi connectivity index (χ1v) is 9.62. The highest BCUT2D eigenvalue weighted by Gasteiger charge is 2.13. The number of carbonyl (C=O) groups is 1. The lowest BCUT2D eigenvalue weighted by Crippen LogP contribution is -2.33. The summed E-state index contributed by atoms with van der Waals surface area (Å²) >= 11 is 2.73. The van der Waals surface area contributed by atoms with Gasteiger partial charge in [0.05, 0.1) is 20.9 Å². The number of non-ortho nitro benzene ring substituents is 1. The second-order valence-electron chi connectivity index (χ2n) is 6.12. The number of nitro groups is 1. The summed E-state index contributed by atoms with van der Waals surface area (Å²) in [7, 11) is 0. The molecule has 0 fully saturated rings. The minimum Gasteiger partial charge on any atom is -0.353 e. The smallest absolute Gasteiger partial charge is 0.270 e. The van der Waals surface area contributed by atoms with E-state index in [9.17, 15) is 14.9 Å². The average Bonchev–Trinajstić information content (AvgIpc) is 2.92. The molecule has 1 aromatic carbocycles. The molecule has 0 bridgehead atoms. The van der Waals surface area contributed by atoms with E-state index in [4.69, 9.17) is 0 Å². The van der Waals surface area contributed by atoms with Gasteiger partial charge in [0.1, 0.15) is 0 Å². The molecule has 1 heterocycles. The van der Waals surface area contributed by atoms with Gasteiger partial charge in [-0.15, -0.1) is 11.3 Å². The first-order chi connectivity index (χ1) is 11.3. The van der Waals surface area contributed by atoms with Crippen LogP contribution in [-0.2, 0) is 4.79 Å². The van der Waals surface area contributed by atoms with E-state index in [2.05, 4.69) is 24.1 Å². The van der Waals surface area contributed by atoms with Crippen molar-refractivity contribution >= 4 is 44.9 Å². The molecule has 130 valence electrons. The highest BCUT2D eigenvalue weighted by molar-refractivity contribution is 8.01. The van der Waals surface area contributed by atoms with Crippen LogP contribution in [0.5, 0.6) is 0 Å². The number of fused-ring (bicyclic) bond motifs is 1. The van der Waals surface area contributed by atoms with Gasteiger partial charge >= 0.3 is 0 Å². The van der Waals surface area contributed by atoms with Gasteiger partial charge in [0.2, 0.25) is 5.91 Å². The molecule has 2 aromatic rings. The Bertz CT molecular complexity index is 730. The topological polar surface area (TPSA) is 85.1 Å². The van der Waals surface area contributed by atoms with E-state index in [0.717, 1.165) is 27.4 Å². The van der Waals surface area contributed by atoms with Gasteiger partial charge in [0.25, 0.3) is 5.69 Å². The molecular formula is C16H21N3O3S2. The molecule has 1 atom stereocenters. The SMILES string of the molecule is CC(C)CC[C@@H](C)NC(=O)CSc1nc2ccc([N+](=O)[O-])cc2s1. The Morgan fingerprint density at radius 3 is 2.79 bits per heavy atom. The Morgan fingerprint density at radius 2 is 2.12 bits per heavy atom. The standard InChI is InChI=1S/C16H21N3O3S2/c1-10(2)4-5-11(3)17-15(20)9-23-16-18-13-7-6-12(19(21)22)8-14(13)24-16/h6-8,10-11H,4-5,9H2,1-3H3,(H,17,20)/t11-/m1/s1. The van der Waals surface area contributed by atoms with E-state index < -0.39 is 4.92 Å². The molecule has 0 saturated heterocycles. The molecule has 0 spiro atoms. The van der Waals surface area contributed by atoms with E-state index in [1.165, 1.54) is 35.2 Å². The lowest BCUT2D eigenvalue weighted by Gasteiger charge is -2.14. The van der Waals surface area contributed by atoms with Crippen molar-refractivity contribution in [3.05, 3.63) is 28.3 Å². The fourth-order valence-corrected chi connectivity index (χ4v) is 4.08. The Kier molecular flexibility index (Phi) is 6.56. The van der Waals surface area contributed by atoms with E-state index in [0.29, 0.717) is 11.7 Å². The summed E-state index contributed by atoms with van der Waals surface area (Å²) in [5, 5.41) is 13.8. The van der Waals surface area contributed by atoms with Crippen LogP contribution in [-0.4, -0.2) is 27.6 Å². The van der Waals surface area contributed by atoms with Gasteiger partial charge in [-0.2, -0.15) is 0 Å². The molecular weight excluding hydrogens is 346 g/mol. The summed E-state index contributed by atoms with van der Waals surface area (Å²) in [5.41, 5.74) is 0.776. The molecule has 1 N–H and O–H groups in total. The summed E-state index contributed by atoms with van der Waals surface area (Å²) in [4.78, 5) is 26.8. The van der Waals surface area contributed by atoms with Crippen molar-refractivity contribution in [2.75, 3.05) is 5.75 Å². The van der Waals surface area contributed by atoms with Crippen LogP contribution in [0.2, 0.25) is 0 Å². The summed E-state index contributed by atoms with van der Waals surface area (Å²) in [5.74, 6) is 0.917. The van der Waals surface area contributed by atoms with Crippen LogP contribution in [0.4, 0.5) is 5.69 Å². The maximum Gasteiger partial charge on any atom is 0.270 e. The number of thioether (sulfide) groups is 1. The van der Waals surface area contributed by atoms with E-state index in [1.807, 2.05) is 6.92 Å². The minimum atomic E-state index is -0.419. The molecule has 1 amide bonds. The average molecular weight is 367 g/mol. The third-order valence-corrected chi connectivity index (χ3v) is 5.64. The van der Waals surface area contributed by atoms with Gasteiger partial charge < -0.3 is 5.32 Å². The lowest BCUT2D eigenvalue weighted by atomic mass is 10.0. The molecule has 0 saturated carbocycles. The second-order valence-corrected chi connectivity index (χ2v) is 8.37. The zero-order valence-electron chi connectivity index (χ0n) is 13.9. The Hall–Kier alpha value is -1.67. The molecule has 0 aliphatic carbocycles. The fourth-order valence-electron chi connectivity index (χ4n) is 2.17. The number of thiazole rings is 1. The molecule has 0 radical (unpaired) electrons. The highest BCUT2D eigenvalue weighted by Crippen LogP contribution is 2.31. The van der Waals surface area contributed by atoms with Crippen molar-refractivity contribution in [3.8, 4) is 0 Å². The van der Waals surface area contributed by atoms with Crippen LogP contribution in [0.1, 0.15) is 33.6 Å². The van der Waals surface area contributed by atoms with Gasteiger partial charge in [-0.3, -0.25) is 14.9 Å². The number of carbonyl (C=O) groups excluding carboxylic acids is 1. The number of nitrogens with one attached hydrogen (secondary N) is 1. The Morgan fingerprint density at radius 1 is 1.38 bits per heavy atom. The molecule has 24 heavy (non-hydrogen) atoms. The zero-order chi connectivity index (χ0) is 17.7. The van der Waals surface area contributed by atoms with Crippen molar-refractivity contribution in [1.82, 2.24) is 10.3 Å². The molecule has 8 heteroatoms. The Labute approximate surface area is 149 Å². The van der Waals surface area contributed by atoms with Crippen LogP contribution in [0.15, 0.2) is 22.5 Å². The van der Waals surface area contributed by atoms with Crippen LogP contribution in [0, 0.1) is 16.0 Å². The summed E-state index contributed by atoms with van der Waals surface area (Å²) < 4.78 is 1.51. The zero-order valence-corrected chi connectivity index (χ0v) is 15.6. The second kappa shape index (κ2) is 8.43. The quantitative estimate of drug-likeness (QED) is 0.428. The van der Waals surface area contributed by atoms with Crippen LogP contribution >= 0.6 is 23.1 Å². The van der Waals surface area contributed by atoms with Crippen molar-refractivity contribution < 1.29 is 9.72 Å². The summed E-state index contributed by atoms with van der Waals surface area (Å²) in [6, 6.07) is 4.77. The Balaban J connectivity index is 1.88. The van der Waals surface area contributed by atoms with Gasteiger partial charge in [0.15, 0.2) is 4.34 Å². The number of aromatic nitrogens is 1. The number of nitrogens with zero attached hydrogens (tertiary/aromatic N) is 2. The first kappa shape index (κ1) is 18.7. The lowest BCUT2D eigenvalue weighted by molar-refractivity contribution is -0.384. The number of hydrogen-bond donors (Lipinski definition) is 1. The maximum atomic E-state index is 12.0. The molecule has 0 aliphatic heterocycles. The maximum absolute atomic E-state index is 12.0. The van der Waals surface area contributed by atoms with Gasteiger partial charge in [-0.25, -0.2) is 4.98 Å². The number of hydrogen-bond acceptors (Lipinski definition) is 6. The van der Waals surface area contributed by atoms with Crippen molar-refractivity contribution in [1.29, 1.82) is 0 Å². The molecule has 2 rings (SSSR count). The third-order valence-electron chi connectivity index (χ3n) is 3.47. The number of amides is 1. The van der Waals surface area contributed by atoms with Gasteiger partial charge in [-0.05, 0) is 31.7 Å². The third kappa shape index (κ3) is 5.45. The van der Waals surface area contributed by atoms with Gasteiger partial charge in [0, 0.05) is 18.2 Å². The largest absolute Gasteiger partial charge is 0.353 e. The first-order valence-electron chi connectivity index (χ1n) is 7.82. The van der Waals surface area contributed by atoms with Crippen LogP contribution in [0.3, 0.4) is 0 Å². The molecule has 1 aromatic heterocycles. The normalized spacial score (nSPS) is 12.5. The van der Waals surface area contributed by atoms with Crippen LogP contribution in [0.25, 0.3) is 10.2 Å². The molecule has 0 aliphatic rings. The van der Waals surface area contributed by atoms with Gasteiger partial charge in [-0.1, -0.05) is 25.6 Å². The molecule has 6 nitrogen and oxygen atoms in total. The predicted molar refractivity (Wildman–Crippen MR) is 98.7 cm³/mol. The van der Waals surface area contributed by atoms with Crippen molar-refractivity contribution in [2.24, 2.45) is 5.92 Å². The highest BCUT2D eigenvalue weighted by atomic mass is 32.2. The monoisotopic (exact) mass is 367 g/mol. The minimum absolute atomic E-state index is 0.0125. The van der Waals surface area contributed by atoms with E-state index in [-0.39, 0.29) is 17.6 Å². The number of benzene rings is 1. The van der Waals surface area contributed by atoms with E-state index in [1.54, 1.807) is 6.07 Å². The van der Waals surface area contributed by atoms with Crippen LogP contribution < -0.4 is 5.32 Å². The summed E-state index contributed by atoms with van der Waals surface area (Å²) in [6.45, 7) is 6.35. The number of rotatable bonds is 8. The van der Waals surface area contributed by atoms with E-state index >= 15 is 0 Å².